The Hall–Kier alpha value is -3.54. The molecule has 122 valence electrons. The monoisotopic (exact) mass is 329 g/mol. The van der Waals surface area contributed by atoms with E-state index in [0.717, 1.165) is 22.2 Å². The van der Waals surface area contributed by atoms with Crippen LogP contribution in [0.5, 0.6) is 0 Å². The van der Waals surface area contributed by atoms with E-state index in [1.807, 2.05) is 61.5 Å². The molecule has 25 heavy (non-hydrogen) atoms. The van der Waals surface area contributed by atoms with Crippen LogP contribution in [0.15, 0.2) is 60.8 Å². The highest BCUT2D eigenvalue weighted by molar-refractivity contribution is 6.11. The molecule has 2 aromatic carbocycles. The minimum absolute atomic E-state index is 0.238. The van der Waals surface area contributed by atoms with Crippen LogP contribution in [0.4, 0.5) is 5.69 Å². The van der Waals surface area contributed by atoms with Gasteiger partial charge in [-0.1, -0.05) is 24.3 Å². The smallest absolute Gasteiger partial charge is 0.274 e. The van der Waals surface area contributed by atoms with Gasteiger partial charge in [0.25, 0.3) is 5.91 Å². The quantitative estimate of drug-likeness (QED) is 0.602. The molecule has 0 saturated heterocycles. The van der Waals surface area contributed by atoms with Crippen LogP contribution >= 0.6 is 0 Å². The van der Waals surface area contributed by atoms with Crippen molar-refractivity contribution in [1.82, 2.24) is 20.2 Å². The molecule has 0 radical (unpaired) electrons. The number of aryl methyl sites for hydroxylation is 1. The highest BCUT2D eigenvalue weighted by atomic mass is 16.1. The lowest BCUT2D eigenvalue weighted by atomic mass is 10.1. The predicted molar refractivity (Wildman–Crippen MR) is 96.3 cm³/mol. The molecule has 0 atom stereocenters. The first kappa shape index (κ1) is 15.0. The van der Waals surface area contributed by atoms with Crippen LogP contribution in [0, 0.1) is 6.92 Å². The van der Waals surface area contributed by atoms with Crippen molar-refractivity contribution in [2.24, 2.45) is 0 Å². The van der Waals surface area contributed by atoms with Crippen molar-refractivity contribution in [1.29, 1.82) is 0 Å². The van der Waals surface area contributed by atoms with Gasteiger partial charge in [0.2, 0.25) is 0 Å². The zero-order valence-electron chi connectivity index (χ0n) is 13.5. The van der Waals surface area contributed by atoms with Gasteiger partial charge < -0.3 is 5.32 Å². The van der Waals surface area contributed by atoms with Crippen molar-refractivity contribution < 1.29 is 4.79 Å². The number of nitrogens with zero attached hydrogens (tertiary/aromatic N) is 3. The summed E-state index contributed by atoms with van der Waals surface area (Å²) in [7, 11) is 0. The van der Waals surface area contributed by atoms with Crippen molar-refractivity contribution >= 4 is 22.4 Å². The third kappa shape index (κ3) is 2.97. The standard InChI is InChI=1S/C19H15N5O/c1-12-21-18(24-23-12)14-6-8-15(9-7-14)22-19(25)17-16-5-3-2-4-13(16)10-11-20-17/h2-11H,1H3,(H,22,25)(H,21,23,24). The Morgan fingerprint density at radius 3 is 2.60 bits per heavy atom. The van der Waals surface area contributed by atoms with E-state index in [4.69, 9.17) is 0 Å². The number of fused-ring (bicyclic) bond motifs is 1. The second kappa shape index (κ2) is 6.16. The number of H-pyrrole nitrogens is 1. The molecule has 2 heterocycles. The van der Waals surface area contributed by atoms with Crippen molar-refractivity contribution in [3.63, 3.8) is 0 Å². The van der Waals surface area contributed by atoms with Crippen molar-refractivity contribution in [2.45, 2.75) is 6.92 Å². The lowest BCUT2D eigenvalue weighted by molar-refractivity contribution is 0.102. The van der Waals surface area contributed by atoms with Crippen LogP contribution in [0.2, 0.25) is 0 Å². The summed E-state index contributed by atoms with van der Waals surface area (Å²) < 4.78 is 0. The summed E-state index contributed by atoms with van der Waals surface area (Å²) in [5.41, 5.74) is 1.98. The van der Waals surface area contributed by atoms with Gasteiger partial charge in [-0.3, -0.25) is 14.9 Å². The number of aromatic nitrogens is 4. The molecule has 2 aromatic heterocycles. The molecule has 0 bridgehead atoms. The zero-order chi connectivity index (χ0) is 17.2. The largest absolute Gasteiger partial charge is 0.321 e. The second-order valence-corrected chi connectivity index (χ2v) is 5.66. The fraction of sp³-hybridized carbons (Fsp3) is 0.0526. The number of aromatic amines is 1. The van der Waals surface area contributed by atoms with E-state index in [2.05, 4.69) is 25.5 Å². The van der Waals surface area contributed by atoms with Crippen molar-refractivity contribution in [3.8, 4) is 11.4 Å². The fourth-order valence-corrected chi connectivity index (χ4v) is 2.67. The molecule has 0 aliphatic rings. The number of nitrogens with one attached hydrogen (secondary N) is 2. The number of hydrogen-bond acceptors (Lipinski definition) is 4. The zero-order valence-corrected chi connectivity index (χ0v) is 13.5. The van der Waals surface area contributed by atoms with E-state index < -0.39 is 0 Å². The normalized spacial score (nSPS) is 10.8. The average Bonchev–Trinajstić information content (AvgIpc) is 3.08. The summed E-state index contributed by atoms with van der Waals surface area (Å²) in [6.07, 6.45) is 1.64. The van der Waals surface area contributed by atoms with Gasteiger partial charge in [0, 0.05) is 22.8 Å². The molecular weight excluding hydrogens is 314 g/mol. The van der Waals surface area contributed by atoms with Gasteiger partial charge in [-0.2, -0.15) is 5.10 Å². The minimum atomic E-state index is -0.238. The van der Waals surface area contributed by atoms with E-state index >= 15 is 0 Å². The summed E-state index contributed by atoms with van der Waals surface area (Å²) in [5, 5.41) is 11.6. The molecule has 0 aliphatic carbocycles. The Bertz CT molecular complexity index is 1050. The van der Waals surface area contributed by atoms with E-state index in [1.54, 1.807) is 6.20 Å². The Morgan fingerprint density at radius 1 is 1.04 bits per heavy atom. The van der Waals surface area contributed by atoms with Gasteiger partial charge in [-0.15, -0.1) is 0 Å². The summed E-state index contributed by atoms with van der Waals surface area (Å²) in [5.74, 6) is 1.15. The summed E-state index contributed by atoms with van der Waals surface area (Å²) in [6.45, 7) is 1.85. The Labute approximate surface area is 144 Å². The number of hydrogen-bond donors (Lipinski definition) is 2. The van der Waals surface area contributed by atoms with Crippen LogP contribution in [-0.2, 0) is 0 Å². The Morgan fingerprint density at radius 2 is 1.84 bits per heavy atom. The maximum atomic E-state index is 12.6. The number of anilines is 1. The first-order valence-electron chi connectivity index (χ1n) is 7.85. The lowest BCUT2D eigenvalue weighted by Crippen LogP contribution is -2.14. The molecule has 0 unspecified atom stereocenters. The summed E-state index contributed by atoms with van der Waals surface area (Å²) in [6, 6.07) is 17.0. The predicted octanol–water partition coefficient (Wildman–Crippen LogP) is 3.58. The first-order valence-corrected chi connectivity index (χ1v) is 7.85. The van der Waals surface area contributed by atoms with E-state index in [1.165, 1.54) is 0 Å². The molecule has 4 aromatic rings. The number of carbonyl (C=O) groups is 1. The third-order valence-corrected chi connectivity index (χ3v) is 3.89. The molecular formula is C19H15N5O. The molecule has 4 rings (SSSR count). The number of benzene rings is 2. The molecule has 0 aliphatic heterocycles. The van der Waals surface area contributed by atoms with E-state index in [9.17, 15) is 4.79 Å². The first-order chi connectivity index (χ1) is 12.2. The number of pyridine rings is 1. The van der Waals surface area contributed by atoms with Crippen LogP contribution in [0.3, 0.4) is 0 Å². The van der Waals surface area contributed by atoms with Gasteiger partial charge in [0.1, 0.15) is 11.5 Å². The topological polar surface area (TPSA) is 83.6 Å². The number of carbonyl (C=O) groups excluding carboxylic acids is 1. The molecule has 0 saturated carbocycles. The Balaban J connectivity index is 1.58. The van der Waals surface area contributed by atoms with Crippen molar-refractivity contribution in [3.05, 3.63) is 72.3 Å². The van der Waals surface area contributed by atoms with E-state index in [0.29, 0.717) is 17.2 Å². The molecule has 1 amide bonds. The number of rotatable bonds is 3. The van der Waals surface area contributed by atoms with Crippen LogP contribution in [0.25, 0.3) is 22.2 Å². The molecule has 0 spiro atoms. The summed E-state index contributed by atoms with van der Waals surface area (Å²) >= 11 is 0. The highest BCUT2D eigenvalue weighted by Gasteiger charge is 2.12. The van der Waals surface area contributed by atoms with Gasteiger partial charge in [-0.05, 0) is 42.6 Å². The van der Waals surface area contributed by atoms with Gasteiger partial charge in [0.15, 0.2) is 5.82 Å². The number of amides is 1. The molecule has 6 nitrogen and oxygen atoms in total. The van der Waals surface area contributed by atoms with Crippen LogP contribution in [0.1, 0.15) is 16.3 Å². The van der Waals surface area contributed by atoms with Gasteiger partial charge in [-0.25, -0.2) is 4.98 Å². The maximum Gasteiger partial charge on any atom is 0.274 e. The second-order valence-electron chi connectivity index (χ2n) is 5.66. The Kier molecular flexibility index (Phi) is 3.70. The minimum Gasteiger partial charge on any atom is -0.321 e. The lowest BCUT2D eigenvalue weighted by Gasteiger charge is -2.07. The average molecular weight is 329 g/mol. The molecule has 2 N–H and O–H groups in total. The summed E-state index contributed by atoms with van der Waals surface area (Å²) in [4.78, 5) is 21.1. The van der Waals surface area contributed by atoms with Gasteiger partial charge >= 0.3 is 0 Å². The van der Waals surface area contributed by atoms with Gasteiger partial charge in [0.05, 0.1) is 0 Å². The van der Waals surface area contributed by atoms with Crippen LogP contribution in [-0.4, -0.2) is 26.1 Å². The maximum absolute atomic E-state index is 12.6. The fourth-order valence-electron chi connectivity index (χ4n) is 2.67. The molecule has 0 fully saturated rings. The molecule has 6 heteroatoms. The van der Waals surface area contributed by atoms with Crippen LogP contribution < -0.4 is 5.32 Å². The third-order valence-electron chi connectivity index (χ3n) is 3.89. The van der Waals surface area contributed by atoms with E-state index in [-0.39, 0.29) is 5.91 Å². The highest BCUT2D eigenvalue weighted by Crippen LogP contribution is 2.20. The van der Waals surface area contributed by atoms with Crippen molar-refractivity contribution in [2.75, 3.05) is 5.32 Å². The SMILES string of the molecule is Cc1nc(-c2ccc(NC(=O)c3nccc4ccccc34)cc2)n[nH]1.